The highest BCUT2D eigenvalue weighted by Gasteiger charge is 2.32. The lowest BCUT2D eigenvalue weighted by molar-refractivity contribution is 0.0237. The van der Waals surface area contributed by atoms with Crippen molar-refractivity contribution in [3.05, 3.63) is 11.8 Å². The number of anilines is 1. The van der Waals surface area contributed by atoms with Crippen LogP contribution in [0.2, 0.25) is 0 Å². The van der Waals surface area contributed by atoms with E-state index in [9.17, 15) is 14.7 Å². The molecule has 1 fully saturated rings. The standard InChI is InChI=1S/C17H26N4O5/c1-6-25-13-12(14(22)23)9-18-15(19-13)21-8-7-11(10-21)20(5)16(24)26-17(2,3)4/h9,11H,6-8,10H2,1-5H3,(H,22,23)/t11-/m0/s1. The number of aromatic carboxylic acids is 1. The van der Waals surface area contributed by atoms with Gasteiger partial charge in [-0.3, -0.25) is 0 Å². The van der Waals surface area contributed by atoms with Gasteiger partial charge in [-0.2, -0.15) is 4.98 Å². The Hall–Kier alpha value is -2.58. The predicted molar refractivity (Wildman–Crippen MR) is 94.8 cm³/mol. The first-order valence-electron chi connectivity index (χ1n) is 8.56. The highest BCUT2D eigenvalue weighted by atomic mass is 16.6. The van der Waals surface area contributed by atoms with Gasteiger partial charge in [0.05, 0.1) is 18.8 Å². The van der Waals surface area contributed by atoms with Crippen LogP contribution < -0.4 is 9.64 Å². The number of carboxylic acid groups (broad SMARTS) is 1. The fourth-order valence-electron chi connectivity index (χ4n) is 2.63. The Balaban J connectivity index is 2.09. The largest absolute Gasteiger partial charge is 0.477 e. The van der Waals surface area contributed by atoms with Gasteiger partial charge in [-0.05, 0) is 34.1 Å². The summed E-state index contributed by atoms with van der Waals surface area (Å²) in [6, 6.07) is -0.0388. The molecule has 2 heterocycles. The molecule has 1 atom stereocenters. The molecule has 0 radical (unpaired) electrons. The first kappa shape index (κ1) is 19.7. The van der Waals surface area contributed by atoms with E-state index in [1.165, 1.54) is 6.20 Å². The molecule has 0 bridgehead atoms. The smallest absolute Gasteiger partial charge is 0.410 e. The van der Waals surface area contributed by atoms with Crippen molar-refractivity contribution in [1.82, 2.24) is 14.9 Å². The summed E-state index contributed by atoms with van der Waals surface area (Å²) in [6.07, 6.45) is 1.62. The minimum absolute atomic E-state index is 0.0388. The number of carbonyl (C=O) groups is 2. The van der Waals surface area contributed by atoms with E-state index >= 15 is 0 Å². The highest BCUT2D eigenvalue weighted by molar-refractivity contribution is 5.89. The van der Waals surface area contributed by atoms with Crippen molar-refractivity contribution in [2.45, 2.75) is 45.8 Å². The van der Waals surface area contributed by atoms with Crippen molar-refractivity contribution in [3.63, 3.8) is 0 Å². The van der Waals surface area contributed by atoms with E-state index in [1.807, 2.05) is 25.7 Å². The first-order chi connectivity index (χ1) is 12.1. The molecule has 26 heavy (non-hydrogen) atoms. The highest BCUT2D eigenvalue weighted by Crippen LogP contribution is 2.24. The molecule has 1 amide bonds. The number of aromatic nitrogens is 2. The number of carbonyl (C=O) groups excluding carboxylic acids is 1. The number of carboxylic acids is 1. The number of likely N-dealkylation sites (N-methyl/N-ethyl adjacent to an activating group) is 1. The number of rotatable bonds is 5. The molecule has 0 aliphatic carbocycles. The van der Waals surface area contributed by atoms with Crippen LogP contribution in [0.15, 0.2) is 6.20 Å². The summed E-state index contributed by atoms with van der Waals surface area (Å²) in [4.78, 5) is 35.3. The Labute approximate surface area is 152 Å². The molecule has 0 saturated carbocycles. The third-order valence-corrected chi connectivity index (χ3v) is 3.93. The summed E-state index contributed by atoms with van der Waals surface area (Å²) in [5.41, 5.74) is -0.622. The summed E-state index contributed by atoms with van der Waals surface area (Å²) < 4.78 is 10.7. The average molecular weight is 366 g/mol. The second-order valence-corrected chi connectivity index (χ2v) is 7.11. The third-order valence-electron chi connectivity index (χ3n) is 3.93. The second-order valence-electron chi connectivity index (χ2n) is 7.11. The van der Waals surface area contributed by atoms with E-state index in [1.54, 1.807) is 18.9 Å². The summed E-state index contributed by atoms with van der Waals surface area (Å²) in [5.74, 6) is -0.698. The van der Waals surface area contributed by atoms with E-state index < -0.39 is 11.6 Å². The van der Waals surface area contributed by atoms with Crippen LogP contribution in [0, 0.1) is 0 Å². The van der Waals surface area contributed by atoms with Gasteiger partial charge in [0.1, 0.15) is 11.2 Å². The normalized spacial score (nSPS) is 17.1. The zero-order chi connectivity index (χ0) is 19.5. The molecule has 1 aliphatic rings. The Bertz CT molecular complexity index is 674. The molecule has 1 aromatic rings. The van der Waals surface area contributed by atoms with Crippen molar-refractivity contribution >= 4 is 18.0 Å². The second kappa shape index (κ2) is 7.76. The summed E-state index contributed by atoms with van der Waals surface area (Å²) >= 11 is 0. The van der Waals surface area contributed by atoms with Gasteiger partial charge in [0.25, 0.3) is 0 Å². The lowest BCUT2D eigenvalue weighted by Crippen LogP contribution is -2.42. The monoisotopic (exact) mass is 366 g/mol. The van der Waals surface area contributed by atoms with Crippen LogP contribution in [0.5, 0.6) is 5.88 Å². The molecule has 1 saturated heterocycles. The Morgan fingerprint density at radius 1 is 1.42 bits per heavy atom. The lowest BCUT2D eigenvalue weighted by Gasteiger charge is -2.28. The van der Waals surface area contributed by atoms with Crippen molar-refractivity contribution in [1.29, 1.82) is 0 Å². The van der Waals surface area contributed by atoms with Crippen molar-refractivity contribution in [2.24, 2.45) is 0 Å². The molecular weight excluding hydrogens is 340 g/mol. The van der Waals surface area contributed by atoms with E-state index in [4.69, 9.17) is 9.47 Å². The number of hydrogen-bond acceptors (Lipinski definition) is 7. The van der Waals surface area contributed by atoms with Gasteiger partial charge < -0.3 is 24.4 Å². The molecule has 0 aromatic carbocycles. The van der Waals surface area contributed by atoms with Gasteiger partial charge >= 0.3 is 12.1 Å². The molecule has 144 valence electrons. The summed E-state index contributed by atoms with van der Waals surface area (Å²) in [6.45, 7) is 8.73. The van der Waals surface area contributed by atoms with E-state index in [0.29, 0.717) is 25.6 Å². The van der Waals surface area contributed by atoms with Crippen LogP contribution >= 0.6 is 0 Å². The Morgan fingerprint density at radius 3 is 2.69 bits per heavy atom. The number of ether oxygens (including phenoxy) is 2. The van der Waals surface area contributed by atoms with Crippen molar-refractivity contribution in [3.8, 4) is 5.88 Å². The third kappa shape index (κ3) is 4.74. The van der Waals surface area contributed by atoms with Crippen molar-refractivity contribution in [2.75, 3.05) is 31.6 Å². The Kier molecular flexibility index (Phi) is 5.89. The van der Waals surface area contributed by atoms with Crippen LogP contribution in [0.4, 0.5) is 10.7 Å². The molecule has 9 nitrogen and oxygen atoms in total. The van der Waals surface area contributed by atoms with Gasteiger partial charge in [-0.15, -0.1) is 0 Å². The van der Waals surface area contributed by atoms with Gasteiger partial charge in [-0.25, -0.2) is 14.6 Å². The molecule has 2 rings (SSSR count). The topological polar surface area (TPSA) is 105 Å². The predicted octanol–water partition coefficient (Wildman–Crippen LogP) is 2.02. The fraction of sp³-hybridized carbons (Fsp3) is 0.647. The van der Waals surface area contributed by atoms with E-state index in [-0.39, 0.29) is 23.6 Å². The lowest BCUT2D eigenvalue weighted by atomic mass is 10.2. The maximum atomic E-state index is 12.2. The quantitative estimate of drug-likeness (QED) is 0.844. The maximum Gasteiger partial charge on any atom is 0.410 e. The van der Waals surface area contributed by atoms with Crippen LogP contribution in [0.1, 0.15) is 44.5 Å². The van der Waals surface area contributed by atoms with E-state index in [0.717, 1.165) is 6.42 Å². The first-order valence-corrected chi connectivity index (χ1v) is 8.56. The number of amides is 1. The molecule has 0 spiro atoms. The van der Waals surface area contributed by atoms with Crippen LogP contribution in [0.25, 0.3) is 0 Å². The SMILES string of the molecule is CCOc1nc(N2CC[C@H](N(C)C(=O)OC(C)(C)C)C2)ncc1C(=O)O. The van der Waals surface area contributed by atoms with Crippen LogP contribution in [0.3, 0.4) is 0 Å². The summed E-state index contributed by atoms with van der Waals surface area (Å²) in [7, 11) is 1.71. The maximum absolute atomic E-state index is 12.2. The van der Waals surface area contributed by atoms with Gasteiger partial charge in [-0.1, -0.05) is 0 Å². The molecule has 1 N–H and O–H groups in total. The Morgan fingerprint density at radius 2 is 2.12 bits per heavy atom. The molecule has 1 aromatic heterocycles. The fourth-order valence-corrected chi connectivity index (χ4v) is 2.63. The average Bonchev–Trinajstić information content (AvgIpc) is 3.02. The minimum atomic E-state index is -1.14. The zero-order valence-corrected chi connectivity index (χ0v) is 15.9. The van der Waals surface area contributed by atoms with Gasteiger partial charge in [0.15, 0.2) is 0 Å². The molecule has 0 unspecified atom stereocenters. The summed E-state index contributed by atoms with van der Waals surface area (Å²) in [5, 5.41) is 9.19. The molecule has 1 aliphatic heterocycles. The van der Waals surface area contributed by atoms with Crippen molar-refractivity contribution < 1.29 is 24.2 Å². The zero-order valence-electron chi connectivity index (χ0n) is 15.9. The number of hydrogen-bond donors (Lipinski definition) is 1. The van der Waals surface area contributed by atoms with E-state index in [2.05, 4.69) is 9.97 Å². The molecular formula is C17H26N4O5. The number of nitrogens with zero attached hydrogens (tertiary/aromatic N) is 4. The van der Waals surface area contributed by atoms with Gasteiger partial charge in [0.2, 0.25) is 11.8 Å². The van der Waals surface area contributed by atoms with Crippen LogP contribution in [-0.2, 0) is 4.74 Å². The minimum Gasteiger partial charge on any atom is -0.477 e. The van der Waals surface area contributed by atoms with Gasteiger partial charge in [0, 0.05) is 20.1 Å². The van der Waals surface area contributed by atoms with Crippen LogP contribution in [-0.4, -0.2) is 70.4 Å². The molecule has 9 heteroatoms.